The topological polar surface area (TPSA) is 168 Å². The van der Waals surface area contributed by atoms with Crippen LogP contribution in [-0.4, -0.2) is 52.1 Å². The van der Waals surface area contributed by atoms with E-state index in [1.807, 2.05) is 6.92 Å². The van der Waals surface area contributed by atoms with Crippen molar-refractivity contribution >= 4 is 17.5 Å². The molecule has 3 aromatic carbocycles. The molecule has 0 aliphatic carbocycles. The first kappa shape index (κ1) is 31.2. The first-order valence-electron chi connectivity index (χ1n) is 11.9. The number of amidine groups is 1. The summed E-state index contributed by atoms with van der Waals surface area (Å²) in [6, 6.07) is 16.1. The molecule has 0 spiro atoms. The quantitative estimate of drug-likeness (QED) is 0.116. The Hall–Kier alpha value is -5.34. The first-order valence-corrected chi connectivity index (χ1v) is 11.9. The lowest BCUT2D eigenvalue weighted by Gasteiger charge is -2.20. The van der Waals surface area contributed by atoms with Crippen molar-refractivity contribution < 1.29 is 36.9 Å². The third-order valence-corrected chi connectivity index (χ3v) is 5.71. The molecule has 1 heterocycles. The lowest BCUT2D eigenvalue weighted by atomic mass is 10.0. The molecule has 0 saturated heterocycles. The molecule has 4 rings (SSSR count). The Morgan fingerprint density at radius 3 is 2.24 bits per heavy atom. The van der Waals surface area contributed by atoms with E-state index in [4.69, 9.17) is 30.5 Å². The van der Waals surface area contributed by atoms with E-state index < -0.39 is 29.7 Å². The number of aliphatic carboxylic acids is 1. The molecular formula is C27H26F4N6O5. The van der Waals surface area contributed by atoms with Gasteiger partial charge in [0.05, 0.1) is 14.2 Å². The summed E-state index contributed by atoms with van der Waals surface area (Å²) >= 11 is 0. The Morgan fingerprint density at radius 1 is 1.10 bits per heavy atom. The summed E-state index contributed by atoms with van der Waals surface area (Å²) in [6.07, 6.45) is -5.08. The van der Waals surface area contributed by atoms with Gasteiger partial charge in [0.2, 0.25) is 0 Å². The maximum absolute atomic E-state index is 15.5. The number of nitrogens with one attached hydrogen (secondary N) is 3. The van der Waals surface area contributed by atoms with E-state index in [0.29, 0.717) is 22.7 Å². The highest BCUT2D eigenvalue weighted by Gasteiger charge is 2.38. The predicted octanol–water partition coefficient (Wildman–Crippen LogP) is 4.14. The fourth-order valence-corrected chi connectivity index (χ4v) is 3.77. The van der Waals surface area contributed by atoms with E-state index in [0.717, 1.165) is 5.56 Å². The van der Waals surface area contributed by atoms with E-state index in [9.17, 15) is 18.0 Å². The summed E-state index contributed by atoms with van der Waals surface area (Å²) in [5.74, 6) is -2.69. The van der Waals surface area contributed by atoms with Gasteiger partial charge in [0, 0.05) is 16.8 Å². The fourth-order valence-electron chi connectivity index (χ4n) is 3.77. The molecule has 1 aromatic heterocycles. The van der Waals surface area contributed by atoms with Crippen LogP contribution in [0, 0.1) is 18.2 Å². The van der Waals surface area contributed by atoms with Gasteiger partial charge in [-0.3, -0.25) is 10.4 Å². The van der Waals surface area contributed by atoms with Gasteiger partial charge in [-0.1, -0.05) is 18.2 Å². The summed E-state index contributed by atoms with van der Waals surface area (Å²) < 4.78 is 58.9. The van der Waals surface area contributed by atoms with Crippen molar-refractivity contribution in [2.45, 2.75) is 19.1 Å². The lowest BCUT2D eigenvalue weighted by molar-refractivity contribution is -0.192. The summed E-state index contributed by atoms with van der Waals surface area (Å²) in [5, 5.41) is 22.4. The molecule has 0 radical (unpaired) electrons. The van der Waals surface area contributed by atoms with Crippen molar-refractivity contribution in [1.29, 1.82) is 5.41 Å². The molecule has 222 valence electrons. The number of carboxylic acids is 1. The number of anilines is 1. The van der Waals surface area contributed by atoms with Crippen LogP contribution in [0.1, 0.15) is 28.6 Å². The van der Waals surface area contributed by atoms with Gasteiger partial charge in [0.25, 0.3) is 0 Å². The standard InChI is InChI=1S/C25H25FN6O3.C2HF3O2/c1-14-12-17(21(26)20(13-14)35-3)22(29-16-10-8-15(9-11-16)23(27)28)24-30-25(33)32(31-24)18-6-4-5-7-19(18)34-2;3-2(4,5)1(6)7/h4-13,22,29H,1-3H3,(H3,27,28)(H,30,31,33);(H,6,7). The number of nitrogens with two attached hydrogens (primary N) is 1. The molecule has 6 N–H and O–H groups in total. The van der Waals surface area contributed by atoms with Crippen molar-refractivity contribution in [3.8, 4) is 17.2 Å². The van der Waals surface area contributed by atoms with Crippen LogP contribution in [0.4, 0.5) is 23.2 Å². The Labute approximate surface area is 236 Å². The molecule has 1 unspecified atom stereocenters. The van der Waals surface area contributed by atoms with Crippen molar-refractivity contribution in [2.24, 2.45) is 5.73 Å². The number of methoxy groups -OCH3 is 2. The average molecular weight is 591 g/mol. The second-order valence-electron chi connectivity index (χ2n) is 8.64. The van der Waals surface area contributed by atoms with Gasteiger partial charge >= 0.3 is 17.8 Å². The third-order valence-electron chi connectivity index (χ3n) is 5.71. The number of aryl methyl sites for hydroxylation is 1. The molecule has 0 aliphatic rings. The molecule has 15 heteroatoms. The molecule has 1 atom stereocenters. The van der Waals surface area contributed by atoms with Crippen LogP contribution in [0.25, 0.3) is 5.69 Å². The van der Waals surface area contributed by atoms with Crippen molar-refractivity contribution in [3.05, 3.63) is 99.5 Å². The SMILES string of the molecule is COc1ccccc1-n1nc(C(Nc2ccc(C(=N)N)cc2)c2cc(C)cc(OC)c2F)[nH]c1=O.O=C(O)C(F)(F)F. The number of aromatic nitrogens is 3. The van der Waals surface area contributed by atoms with Crippen LogP contribution in [0.15, 0.2) is 65.5 Å². The summed E-state index contributed by atoms with van der Waals surface area (Å²) in [5.41, 5.74) is 7.63. The van der Waals surface area contributed by atoms with Crippen LogP contribution in [0.3, 0.4) is 0 Å². The third kappa shape index (κ3) is 7.24. The molecule has 0 saturated carbocycles. The number of hydrogen-bond acceptors (Lipinski definition) is 7. The Kier molecular flexibility index (Phi) is 9.57. The second kappa shape index (κ2) is 12.9. The normalized spacial score (nSPS) is 11.6. The Bertz CT molecular complexity index is 1630. The number of nitrogen functional groups attached to an aromatic ring is 1. The second-order valence-corrected chi connectivity index (χ2v) is 8.64. The Morgan fingerprint density at radius 2 is 1.69 bits per heavy atom. The lowest BCUT2D eigenvalue weighted by Crippen LogP contribution is -2.21. The number of halogens is 4. The zero-order valence-electron chi connectivity index (χ0n) is 22.4. The van der Waals surface area contributed by atoms with Gasteiger partial charge in [-0.2, -0.15) is 17.9 Å². The van der Waals surface area contributed by atoms with Gasteiger partial charge in [0.1, 0.15) is 23.3 Å². The zero-order chi connectivity index (χ0) is 31.2. The average Bonchev–Trinajstić information content (AvgIpc) is 3.33. The first-order chi connectivity index (χ1) is 19.8. The smallest absolute Gasteiger partial charge is 0.490 e. The molecule has 0 bridgehead atoms. The molecular weight excluding hydrogens is 564 g/mol. The highest BCUT2D eigenvalue weighted by Crippen LogP contribution is 2.32. The number of benzene rings is 3. The monoisotopic (exact) mass is 590 g/mol. The maximum atomic E-state index is 15.5. The van der Waals surface area contributed by atoms with Crippen LogP contribution < -0.4 is 26.2 Å². The number of H-pyrrole nitrogens is 1. The number of aromatic amines is 1. The number of carboxylic acid groups (broad SMARTS) is 1. The summed E-state index contributed by atoms with van der Waals surface area (Å²) in [7, 11) is 2.89. The number of nitrogens with zero attached hydrogens (tertiary/aromatic N) is 2. The van der Waals surface area contributed by atoms with Crippen LogP contribution >= 0.6 is 0 Å². The van der Waals surface area contributed by atoms with Gasteiger partial charge in [-0.15, -0.1) is 5.10 Å². The highest BCUT2D eigenvalue weighted by atomic mass is 19.4. The van der Waals surface area contributed by atoms with E-state index in [-0.39, 0.29) is 23.0 Å². The van der Waals surface area contributed by atoms with Crippen LogP contribution in [0.2, 0.25) is 0 Å². The summed E-state index contributed by atoms with van der Waals surface area (Å²) in [4.78, 5) is 24.5. The largest absolute Gasteiger partial charge is 0.494 e. The zero-order valence-corrected chi connectivity index (χ0v) is 22.4. The van der Waals surface area contributed by atoms with Crippen LogP contribution in [0.5, 0.6) is 11.5 Å². The molecule has 0 fully saturated rings. The number of rotatable bonds is 8. The van der Waals surface area contributed by atoms with E-state index in [1.54, 1.807) is 60.7 Å². The maximum Gasteiger partial charge on any atom is 0.490 e. The predicted molar refractivity (Wildman–Crippen MR) is 145 cm³/mol. The minimum absolute atomic E-state index is 0.0672. The van der Waals surface area contributed by atoms with Crippen LogP contribution in [-0.2, 0) is 4.79 Å². The minimum Gasteiger partial charge on any atom is -0.494 e. The number of carbonyl (C=O) groups is 1. The molecule has 11 nitrogen and oxygen atoms in total. The summed E-state index contributed by atoms with van der Waals surface area (Å²) in [6.45, 7) is 1.82. The van der Waals surface area contributed by atoms with Gasteiger partial charge in [0.15, 0.2) is 17.4 Å². The molecule has 0 amide bonds. The Balaban J connectivity index is 0.000000616. The number of alkyl halides is 3. The molecule has 42 heavy (non-hydrogen) atoms. The van der Waals surface area contributed by atoms with Gasteiger partial charge in [-0.05, 0) is 55.0 Å². The van der Waals surface area contributed by atoms with Crippen molar-refractivity contribution in [1.82, 2.24) is 14.8 Å². The van der Waals surface area contributed by atoms with Gasteiger partial charge in [-0.25, -0.2) is 14.0 Å². The van der Waals surface area contributed by atoms with E-state index >= 15 is 4.39 Å². The minimum atomic E-state index is -5.08. The van der Waals surface area contributed by atoms with Gasteiger partial charge < -0.3 is 25.6 Å². The van der Waals surface area contributed by atoms with E-state index in [1.165, 1.54) is 18.9 Å². The molecule has 0 aliphatic heterocycles. The number of ether oxygens (including phenoxy) is 2. The molecule has 4 aromatic rings. The van der Waals surface area contributed by atoms with E-state index in [2.05, 4.69) is 15.4 Å². The van der Waals surface area contributed by atoms with Crippen molar-refractivity contribution in [2.75, 3.05) is 19.5 Å². The highest BCUT2D eigenvalue weighted by molar-refractivity contribution is 5.95. The fraction of sp³-hybridized carbons (Fsp3) is 0.185. The number of para-hydroxylation sites is 2. The number of hydrogen-bond donors (Lipinski definition) is 5. The van der Waals surface area contributed by atoms with Crippen molar-refractivity contribution in [3.63, 3.8) is 0 Å².